The highest BCUT2D eigenvalue weighted by atomic mass is 32.2. The predicted octanol–water partition coefficient (Wildman–Crippen LogP) is 5.44. The van der Waals surface area contributed by atoms with E-state index in [1.807, 2.05) is 0 Å². The highest BCUT2D eigenvalue weighted by Crippen LogP contribution is 2.41. The van der Waals surface area contributed by atoms with Crippen molar-refractivity contribution in [1.82, 2.24) is 19.3 Å². The minimum absolute atomic E-state index is 0.0509. The number of nitrogens with zero attached hydrogens (tertiary/aromatic N) is 3. The third-order valence-electron chi connectivity index (χ3n) is 6.73. The first-order valence-electron chi connectivity index (χ1n) is 12.1. The van der Waals surface area contributed by atoms with Crippen LogP contribution >= 0.6 is 0 Å². The lowest BCUT2D eigenvalue weighted by atomic mass is 9.98. The Morgan fingerprint density at radius 1 is 0.952 bits per heavy atom. The molecule has 42 heavy (non-hydrogen) atoms. The average Bonchev–Trinajstić information content (AvgIpc) is 3.51. The molecule has 0 bridgehead atoms. The Bertz CT molecular complexity index is 1990. The third kappa shape index (κ3) is 4.86. The van der Waals surface area contributed by atoms with Gasteiger partial charge < -0.3 is 14.3 Å². The summed E-state index contributed by atoms with van der Waals surface area (Å²) < 4.78 is 125. The predicted molar refractivity (Wildman–Crippen MR) is 138 cm³/mol. The number of imidazole rings is 1. The van der Waals surface area contributed by atoms with Crippen LogP contribution in [-0.4, -0.2) is 41.1 Å². The summed E-state index contributed by atoms with van der Waals surface area (Å²) in [5.41, 5.74) is -1.26. The second-order valence-electron chi connectivity index (χ2n) is 9.48. The number of alkyl halides is 3. The Labute approximate surface area is 233 Å². The van der Waals surface area contributed by atoms with Gasteiger partial charge in [0.25, 0.3) is 5.91 Å². The van der Waals surface area contributed by atoms with Gasteiger partial charge >= 0.3 is 6.18 Å². The number of amides is 1. The van der Waals surface area contributed by atoms with Crippen LogP contribution in [0.4, 0.5) is 30.7 Å². The van der Waals surface area contributed by atoms with Crippen molar-refractivity contribution in [1.29, 1.82) is 0 Å². The van der Waals surface area contributed by atoms with Crippen molar-refractivity contribution in [2.24, 2.45) is 7.05 Å². The number of nitrogens with one attached hydrogen (secondary N) is 1. The number of fused-ring (bicyclic) bond motifs is 2. The van der Waals surface area contributed by atoms with Gasteiger partial charge in [0, 0.05) is 37.2 Å². The van der Waals surface area contributed by atoms with E-state index in [-0.39, 0.29) is 27.9 Å². The molecule has 0 unspecified atom stereocenters. The number of rotatable bonds is 6. The largest absolute Gasteiger partial charge is 0.417 e. The summed E-state index contributed by atoms with van der Waals surface area (Å²) in [4.78, 5) is 15.3. The molecule has 0 fully saturated rings. The Hall–Kier alpha value is -4.40. The fraction of sp³-hybridized carbons (Fsp3) is 0.185. The van der Waals surface area contributed by atoms with Crippen molar-refractivity contribution in [2.45, 2.75) is 17.5 Å². The molecular formula is C27H19F7N4O3S. The SMILES string of the molecule is Cn1cnc2cc(-c3cccn4c(C(=O)NCCc5c(F)c(F)c(S(C)(=O)=O)c(F)c5F)ccc34)c(C(F)(F)F)cc21. The first kappa shape index (κ1) is 29.1. The number of aryl methyl sites for hydroxylation is 1. The quantitative estimate of drug-likeness (QED) is 0.204. The zero-order valence-electron chi connectivity index (χ0n) is 21.7. The van der Waals surface area contributed by atoms with Crippen LogP contribution in [-0.2, 0) is 29.5 Å². The van der Waals surface area contributed by atoms with E-state index in [1.54, 1.807) is 7.05 Å². The van der Waals surface area contributed by atoms with E-state index in [0.29, 0.717) is 11.8 Å². The van der Waals surface area contributed by atoms with Gasteiger partial charge in [-0.05, 0) is 42.3 Å². The molecule has 1 N–H and O–H groups in total. The van der Waals surface area contributed by atoms with E-state index in [0.717, 1.165) is 6.07 Å². The normalized spacial score (nSPS) is 12.4. The van der Waals surface area contributed by atoms with E-state index >= 15 is 0 Å². The molecule has 2 aromatic carbocycles. The van der Waals surface area contributed by atoms with Gasteiger partial charge in [0.1, 0.15) is 10.6 Å². The van der Waals surface area contributed by atoms with Crippen LogP contribution in [0.15, 0.2) is 53.8 Å². The van der Waals surface area contributed by atoms with Crippen molar-refractivity contribution < 1.29 is 43.9 Å². The molecule has 5 rings (SSSR count). The number of hydrogen-bond donors (Lipinski definition) is 1. The molecule has 0 aliphatic carbocycles. The number of benzene rings is 2. The number of carbonyl (C=O) groups is 1. The van der Waals surface area contributed by atoms with Crippen LogP contribution in [0.3, 0.4) is 0 Å². The van der Waals surface area contributed by atoms with Crippen LogP contribution < -0.4 is 5.32 Å². The summed E-state index contributed by atoms with van der Waals surface area (Å²) in [7, 11) is -3.06. The smallest absolute Gasteiger partial charge is 0.350 e. The maximum Gasteiger partial charge on any atom is 0.417 e. The fourth-order valence-corrected chi connectivity index (χ4v) is 5.61. The second-order valence-corrected chi connectivity index (χ2v) is 11.4. The van der Waals surface area contributed by atoms with Crippen LogP contribution in [0.25, 0.3) is 27.7 Å². The first-order valence-corrected chi connectivity index (χ1v) is 14.0. The molecule has 220 valence electrons. The summed E-state index contributed by atoms with van der Waals surface area (Å²) in [6.07, 6.45) is -2.25. The molecule has 15 heteroatoms. The maximum absolute atomic E-state index is 14.4. The highest BCUT2D eigenvalue weighted by molar-refractivity contribution is 7.90. The van der Waals surface area contributed by atoms with Gasteiger partial charge in [-0.25, -0.2) is 31.0 Å². The van der Waals surface area contributed by atoms with E-state index in [4.69, 9.17) is 0 Å². The number of aromatic nitrogens is 3. The summed E-state index contributed by atoms with van der Waals surface area (Å²) in [5, 5.41) is 2.34. The number of halogens is 7. The van der Waals surface area contributed by atoms with Gasteiger partial charge in [0.2, 0.25) is 0 Å². The molecule has 0 atom stereocenters. The van der Waals surface area contributed by atoms with Crippen LogP contribution in [0.5, 0.6) is 0 Å². The number of hydrogen-bond acceptors (Lipinski definition) is 4. The zero-order valence-corrected chi connectivity index (χ0v) is 22.5. The number of sulfone groups is 1. The average molecular weight is 613 g/mol. The van der Waals surface area contributed by atoms with E-state index in [1.165, 1.54) is 51.8 Å². The number of carbonyl (C=O) groups excluding carboxylic acids is 1. The summed E-state index contributed by atoms with van der Waals surface area (Å²) in [6.45, 7) is -0.523. The van der Waals surface area contributed by atoms with Crippen molar-refractivity contribution in [3.8, 4) is 11.1 Å². The molecular weight excluding hydrogens is 593 g/mol. The Kier molecular flexibility index (Phi) is 7.03. The van der Waals surface area contributed by atoms with Gasteiger partial charge in [-0.3, -0.25) is 4.79 Å². The topological polar surface area (TPSA) is 85.5 Å². The Morgan fingerprint density at radius 3 is 2.24 bits per heavy atom. The molecule has 0 spiro atoms. The van der Waals surface area contributed by atoms with Crippen molar-refractivity contribution in [2.75, 3.05) is 12.8 Å². The molecule has 3 heterocycles. The second kappa shape index (κ2) is 10.2. The fourth-order valence-electron chi connectivity index (χ4n) is 4.78. The van der Waals surface area contributed by atoms with Gasteiger partial charge in [0.15, 0.2) is 33.1 Å². The van der Waals surface area contributed by atoms with Gasteiger partial charge in [-0.15, -0.1) is 0 Å². The number of pyridine rings is 1. The molecule has 0 radical (unpaired) electrons. The zero-order chi connectivity index (χ0) is 30.7. The van der Waals surface area contributed by atoms with E-state index < -0.39 is 74.2 Å². The maximum atomic E-state index is 14.4. The van der Waals surface area contributed by atoms with Gasteiger partial charge in [-0.1, -0.05) is 6.07 Å². The lowest BCUT2D eigenvalue weighted by molar-refractivity contribution is -0.137. The van der Waals surface area contributed by atoms with Crippen LogP contribution in [0, 0.1) is 23.3 Å². The summed E-state index contributed by atoms with van der Waals surface area (Å²) in [5.74, 6) is -8.79. The highest BCUT2D eigenvalue weighted by Gasteiger charge is 2.35. The molecule has 3 aromatic heterocycles. The first-order chi connectivity index (χ1) is 19.6. The lowest BCUT2D eigenvalue weighted by Gasteiger charge is -2.15. The molecule has 1 amide bonds. The van der Waals surface area contributed by atoms with Crippen molar-refractivity contribution in [3.05, 3.63) is 89.0 Å². The molecule has 0 aliphatic heterocycles. The lowest BCUT2D eigenvalue weighted by Crippen LogP contribution is -2.27. The molecule has 0 saturated carbocycles. The molecule has 5 aromatic rings. The molecule has 0 saturated heterocycles. The Morgan fingerprint density at radius 2 is 1.62 bits per heavy atom. The standard InChI is InChI=1S/C27H19F7N4O3S/c1-37-12-36-17-10-15(16(11-20(17)37)27(32,33)34)13-4-3-9-38-18(13)5-6-19(38)26(39)35-8-7-14-21(28)23(30)25(42(2,40)41)24(31)22(14)29/h3-6,9-12H,7-8H2,1-2H3,(H,35,39). The monoisotopic (exact) mass is 612 g/mol. The van der Waals surface area contributed by atoms with Crippen molar-refractivity contribution in [3.63, 3.8) is 0 Å². The third-order valence-corrected chi connectivity index (χ3v) is 7.83. The molecule has 7 nitrogen and oxygen atoms in total. The summed E-state index contributed by atoms with van der Waals surface area (Å²) in [6, 6.07) is 7.91. The Balaban J connectivity index is 1.46. The van der Waals surface area contributed by atoms with Gasteiger partial charge in [0.05, 0.1) is 28.4 Å². The minimum atomic E-state index is -4.71. The molecule has 0 aliphatic rings. The summed E-state index contributed by atoms with van der Waals surface area (Å²) >= 11 is 0. The minimum Gasteiger partial charge on any atom is -0.350 e. The van der Waals surface area contributed by atoms with Crippen LogP contribution in [0.2, 0.25) is 0 Å². The van der Waals surface area contributed by atoms with E-state index in [2.05, 4.69) is 10.3 Å². The van der Waals surface area contributed by atoms with Crippen molar-refractivity contribution >= 4 is 32.3 Å². The van der Waals surface area contributed by atoms with Crippen LogP contribution in [0.1, 0.15) is 21.6 Å². The van der Waals surface area contributed by atoms with E-state index in [9.17, 15) is 43.9 Å². The van der Waals surface area contributed by atoms with Gasteiger partial charge in [-0.2, -0.15) is 13.2 Å².